The van der Waals surface area contributed by atoms with Crippen molar-refractivity contribution in [2.24, 2.45) is 4.99 Å². The second kappa shape index (κ2) is 10.6. The van der Waals surface area contributed by atoms with Gasteiger partial charge in [0, 0.05) is 16.9 Å². The minimum absolute atomic E-state index is 0.104. The number of anilines is 1. The average Bonchev–Trinajstić information content (AvgIpc) is 3.27. The molecule has 0 atom stereocenters. The highest BCUT2D eigenvalue weighted by Crippen LogP contribution is 2.37. The van der Waals surface area contributed by atoms with Gasteiger partial charge in [-0.05, 0) is 74.9 Å². The summed E-state index contributed by atoms with van der Waals surface area (Å²) in [7, 11) is -2.53. The van der Waals surface area contributed by atoms with Crippen LogP contribution in [0.3, 0.4) is 0 Å². The summed E-state index contributed by atoms with van der Waals surface area (Å²) in [5, 5.41) is 3.56. The normalized spacial score (nSPS) is 13.7. The fourth-order valence-corrected chi connectivity index (χ4v) is 5.68. The van der Waals surface area contributed by atoms with Crippen LogP contribution in [0, 0.1) is 0 Å². The molecular formula is C25H23Cl2F3N2O2S2. The van der Waals surface area contributed by atoms with Crippen molar-refractivity contribution in [3.05, 3.63) is 75.6 Å². The molecule has 192 valence electrons. The zero-order valence-electron chi connectivity index (χ0n) is 19.7. The molecule has 4 nitrogen and oxygen atoms in total. The van der Waals surface area contributed by atoms with E-state index in [4.69, 9.17) is 23.2 Å². The van der Waals surface area contributed by atoms with Crippen LogP contribution in [0.5, 0.6) is 0 Å². The predicted octanol–water partition coefficient (Wildman–Crippen LogP) is 8.38. The van der Waals surface area contributed by atoms with Crippen molar-refractivity contribution < 1.29 is 21.6 Å². The van der Waals surface area contributed by atoms with Gasteiger partial charge in [0.2, 0.25) is 0 Å². The third-order valence-electron chi connectivity index (χ3n) is 5.12. The number of rotatable bonds is 6. The van der Waals surface area contributed by atoms with Crippen molar-refractivity contribution in [2.75, 3.05) is 12.4 Å². The number of alkyl halides is 3. The van der Waals surface area contributed by atoms with Gasteiger partial charge in [0.25, 0.3) is 0 Å². The summed E-state index contributed by atoms with van der Waals surface area (Å²) < 4.78 is 65.3. The highest BCUT2D eigenvalue weighted by Gasteiger charge is 2.34. The minimum Gasteiger partial charge on any atom is -0.353 e. The third-order valence-corrected chi connectivity index (χ3v) is 9.34. The van der Waals surface area contributed by atoms with E-state index in [0.29, 0.717) is 26.0 Å². The molecule has 1 N–H and O–H groups in total. The first-order valence-corrected chi connectivity index (χ1v) is 13.6. The lowest BCUT2D eigenvalue weighted by molar-refractivity contribution is -0.0577. The molecule has 0 unspecified atom stereocenters. The molecule has 0 aliphatic rings. The van der Waals surface area contributed by atoms with Crippen LogP contribution in [0.4, 0.5) is 18.9 Å². The van der Waals surface area contributed by atoms with Crippen LogP contribution >= 0.6 is 34.5 Å². The monoisotopic (exact) mass is 574 g/mol. The molecular weight excluding hydrogens is 552 g/mol. The molecule has 36 heavy (non-hydrogen) atoms. The van der Waals surface area contributed by atoms with E-state index in [1.54, 1.807) is 57.2 Å². The SMILES string of the molecule is C/N=C(\C=C(/Nc1cc(Cl)ccc1Cl)c1ccc(-c2cccc(S(=O)(=O)C(C)(C)C)c2)s1)C(F)(F)F. The summed E-state index contributed by atoms with van der Waals surface area (Å²) >= 11 is 13.5. The molecule has 1 heterocycles. The zero-order valence-corrected chi connectivity index (χ0v) is 22.9. The first kappa shape index (κ1) is 28.2. The maximum absolute atomic E-state index is 13.5. The molecule has 0 saturated carbocycles. The number of hydrogen-bond acceptors (Lipinski definition) is 5. The smallest absolute Gasteiger partial charge is 0.353 e. The Morgan fingerprint density at radius 3 is 2.33 bits per heavy atom. The largest absolute Gasteiger partial charge is 0.432 e. The van der Waals surface area contributed by atoms with Gasteiger partial charge in [0.15, 0.2) is 9.84 Å². The van der Waals surface area contributed by atoms with E-state index < -0.39 is 26.5 Å². The Hall–Kier alpha value is -2.33. The fraction of sp³-hybridized carbons (Fsp3) is 0.240. The van der Waals surface area contributed by atoms with Gasteiger partial charge in [0.05, 0.1) is 30.9 Å². The summed E-state index contributed by atoms with van der Waals surface area (Å²) in [5.74, 6) is 0. The average molecular weight is 576 g/mol. The van der Waals surface area contributed by atoms with Gasteiger partial charge in [-0.1, -0.05) is 35.3 Å². The number of benzene rings is 2. The van der Waals surface area contributed by atoms with Gasteiger partial charge in [-0.3, -0.25) is 4.99 Å². The second-order valence-electron chi connectivity index (χ2n) is 8.72. The van der Waals surface area contributed by atoms with Gasteiger partial charge < -0.3 is 5.32 Å². The molecule has 2 aromatic carbocycles. The van der Waals surface area contributed by atoms with Crippen molar-refractivity contribution in [2.45, 2.75) is 36.6 Å². The lowest BCUT2D eigenvalue weighted by Crippen LogP contribution is -2.27. The van der Waals surface area contributed by atoms with Crippen molar-refractivity contribution in [1.82, 2.24) is 0 Å². The van der Waals surface area contributed by atoms with Gasteiger partial charge >= 0.3 is 6.18 Å². The standard InChI is InChI=1S/C25H23Cl2F3N2O2S2/c1-24(2,3)36(33,34)17-7-5-6-15(12-17)21-10-11-22(35-21)20(14-23(31-4)25(28,29)30)32-19-13-16(26)8-9-18(19)27/h5-14,32H,1-4H3/b20-14-,31-23+. The Labute approximate surface area is 222 Å². The molecule has 0 saturated heterocycles. The van der Waals surface area contributed by atoms with E-state index in [1.165, 1.54) is 29.5 Å². The van der Waals surface area contributed by atoms with E-state index >= 15 is 0 Å². The first-order valence-electron chi connectivity index (χ1n) is 10.6. The van der Waals surface area contributed by atoms with Crippen molar-refractivity contribution in [3.8, 4) is 10.4 Å². The van der Waals surface area contributed by atoms with Crippen LogP contribution in [0.25, 0.3) is 16.1 Å². The first-order chi connectivity index (χ1) is 16.6. The molecule has 0 aliphatic heterocycles. The Morgan fingerprint density at radius 1 is 1.03 bits per heavy atom. The Balaban J connectivity index is 2.09. The van der Waals surface area contributed by atoms with Crippen molar-refractivity contribution in [1.29, 1.82) is 0 Å². The Morgan fingerprint density at radius 2 is 1.72 bits per heavy atom. The number of thiophene rings is 1. The van der Waals surface area contributed by atoms with Gasteiger partial charge in [-0.15, -0.1) is 11.3 Å². The second-order valence-corrected chi connectivity index (χ2v) is 13.4. The van der Waals surface area contributed by atoms with E-state index in [1.807, 2.05) is 0 Å². The van der Waals surface area contributed by atoms with E-state index in [9.17, 15) is 21.6 Å². The molecule has 0 radical (unpaired) electrons. The maximum atomic E-state index is 13.5. The molecule has 0 amide bonds. The lowest BCUT2D eigenvalue weighted by Gasteiger charge is -2.19. The number of aliphatic imine (C=N–C) groups is 1. The fourth-order valence-electron chi connectivity index (χ4n) is 3.12. The maximum Gasteiger partial charge on any atom is 0.432 e. The molecule has 3 rings (SSSR count). The Bertz CT molecular complexity index is 1440. The minimum atomic E-state index is -4.67. The van der Waals surface area contributed by atoms with Crippen LogP contribution in [0.1, 0.15) is 25.6 Å². The molecule has 3 aromatic rings. The number of halogens is 5. The van der Waals surface area contributed by atoms with Crippen molar-refractivity contribution >= 4 is 61.5 Å². The zero-order chi connectivity index (χ0) is 26.9. The highest BCUT2D eigenvalue weighted by molar-refractivity contribution is 7.92. The Kier molecular flexibility index (Phi) is 8.30. The summed E-state index contributed by atoms with van der Waals surface area (Å²) in [6, 6.07) is 14.4. The van der Waals surface area contributed by atoms with Crippen LogP contribution < -0.4 is 5.32 Å². The molecule has 11 heteroatoms. The quantitative estimate of drug-likeness (QED) is 0.301. The lowest BCUT2D eigenvalue weighted by atomic mass is 10.2. The summed E-state index contributed by atoms with van der Waals surface area (Å²) in [6.45, 7) is 4.86. The number of hydrogen-bond donors (Lipinski definition) is 1. The van der Waals surface area contributed by atoms with Crippen LogP contribution in [-0.2, 0) is 9.84 Å². The highest BCUT2D eigenvalue weighted by atomic mass is 35.5. The number of nitrogens with one attached hydrogen (secondary N) is 1. The molecule has 0 bridgehead atoms. The number of sulfone groups is 1. The molecule has 0 aliphatic carbocycles. The molecule has 0 spiro atoms. The van der Waals surface area contributed by atoms with Crippen LogP contribution in [-0.4, -0.2) is 32.1 Å². The van der Waals surface area contributed by atoms with E-state index in [0.717, 1.165) is 13.1 Å². The molecule has 0 fully saturated rings. The topological polar surface area (TPSA) is 58.5 Å². The summed E-state index contributed by atoms with van der Waals surface area (Å²) in [6.07, 6.45) is -3.77. The number of nitrogens with zero attached hydrogens (tertiary/aromatic N) is 1. The van der Waals surface area contributed by atoms with Crippen LogP contribution in [0.15, 0.2) is 70.6 Å². The van der Waals surface area contributed by atoms with Gasteiger partial charge in [-0.25, -0.2) is 8.42 Å². The summed E-state index contributed by atoms with van der Waals surface area (Å²) in [5.41, 5.74) is -0.0404. The van der Waals surface area contributed by atoms with E-state index in [-0.39, 0.29) is 15.6 Å². The van der Waals surface area contributed by atoms with Crippen molar-refractivity contribution in [3.63, 3.8) is 0 Å². The van der Waals surface area contributed by atoms with E-state index in [2.05, 4.69) is 10.3 Å². The van der Waals surface area contributed by atoms with Gasteiger partial charge in [-0.2, -0.15) is 13.2 Å². The third kappa shape index (κ3) is 6.32. The number of allylic oxidation sites excluding steroid dienone is 1. The van der Waals surface area contributed by atoms with Gasteiger partial charge in [0.1, 0.15) is 5.71 Å². The predicted molar refractivity (Wildman–Crippen MR) is 144 cm³/mol. The van der Waals surface area contributed by atoms with Crippen LogP contribution in [0.2, 0.25) is 10.0 Å². The molecule has 1 aromatic heterocycles. The summed E-state index contributed by atoms with van der Waals surface area (Å²) in [4.78, 5) is 4.68.